The molecular formula is C28H23N7O2S. The highest BCUT2D eigenvalue weighted by Crippen LogP contribution is 2.27. The molecular weight excluding hydrogens is 498 g/mol. The lowest BCUT2D eigenvalue weighted by molar-refractivity contribution is -0.116. The predicted octanol–water partition coefficient (Wildman–Crippen LogP) is 4.57. The van der Waals surface area contributed by atoms with Gasteiger partial charge < -0.3 is 9.88 Å². The van der Waals surface area contributed by atoms with E-state index in [4.69, 9.17) is 0 Å². The Morgan fingerprint density at radius 1 is 1.05 bits per heavy atom. The van der Waals surface area contributed by atoms with Gasteiger partial charge in [0.2, 0.25) is 11.9 Å². The van der Waals surface area contributed by atoms with Crippen molar-refractivity contribution in [3.05, 3.63) is 112 Å². The summed E-state index contributed by atoms with van der Waals surface area (Å²) in [7, 11) is 0. The highest BCUT2D eigenvalue weighted by atomic mass is 32.1. The molecule has 2 aromatic carbocycles. The van der Waals surface area contributed by atoms with E-state index >= 15 is 0 Å². The number of aromatic nitrogens is 6. The number of benzene rings is 2. The van der Waals surface area contributed by atoms with Gasteiger partial charge in [0.15, 0.2) is 0 Å². The Hall–Kier alpha value is -4.83. The van der Waals surface area contributed by atoms with Crippen LogP contribution in [0.15, 0.2) is 89.3 Å². The number of thiophene rings is 1. The lowest BCUT2D eigenvalue weighted by Crippen LogP contribution is -2.23. The maximum absolute atomic E-state index is 13.1. The van der Waals surface area contributed by atoms with Gasteiger partial charge in [0.05, 0.1) is 27.9 Å². The Morgan fingerprint density at radius 3 is 2.66 bits per heavy atom. The van der Waals surface area contributed by atoms with Gasteiger partial charge in [0, 0.05) is 18.1 Å². The number of fused-ring (bicyclic) bond motifs is 1. The normalized spacial score (nSPS) is 11.2. The first-order valence-corrected chi connectivity index (χ1v) is 12.9. The summed E-state index contributed by atoms with van der Waals surface area (Å²) in [4.78, 5) is 39.0. The fourth-order valence-electron chi connectivity index (χ4n) is 4.35. The number of imidazole rings is 1. The van der Waals surface area contributed by atoms with E-state index in [0.29, 0.717) is 29.2 Å². The van der Waals surface area contributed by atoms with Crippen LogP contribution in [0.25, 0.3) is 27.6 Å². The molecule has 6 rings (SSSR count). The number of nitrogens with one attached hydrogen (secondary N) is 2. The number of aryl methyl sites for hydroxylation is 1. The van der Waals surface area contributed by atoms with Crippen LogP contribution in [0.3, 0.4) is 0 Å². The minimum absolute atomic E-state index is 0.0685. The molecule has 0 atom stereocenters. The molecule has 0 bridgehead atoms. The third-order valence-corrected chi connectivity index (χ3v) is 7.12. The number of hydrogen-bond donors (Lipinski definition) is 2. The van der Waals surface area contributed by atoms with E-state index in [2.05, 4.69) is 25.4 Å². The second kappa shape index (κ2) is 9.91. The van der Waals surface area contributed by atoms with E-state index in [0.717, 1.165) is 21.5 Å². The van der Waals surface area contributed by atoms with Crippen LogP contribution < -0.4 is 10.9 Å². The first-order chi connectivity index (χ1) is 18.5. The van der Waals surface area contributed by atoms with Crippen molar-refractivity contribution in [3.8, 4) is 16.5 Å². The zero-order valence-corrected chi connectivity index (χ0v) is 21.3. The molecule has 9 nitrogen and oxygen atoms in total. The monoisotopic (exact) mass is 521 g/mol. The minimum Gasteiger partial charge on any atom is -0.321 e. The van der Waals surface area contributed by atoms with Gasteiger partial charge in [-0.15, -0.1) is 11.3 Å². The molecule has 0 aliphatic carbocycles. The molecule has 2 N–H and O–H groups in total. The zero-order valence-electron chi connectivity index (χ0n) is 20.5. The van der Waals surface area contributed by atoms with Crippen molar-refractivity contribution in [1.82, 2.24) is 29.3 Å². The van der Waals surface area contributed by atoms with Crippen molar-refractivity contribution < 1.29 is 4.79 Å². The Kier molecular flexibility index (Phi) is 6.14. The molecule has 0 saturated heterocycles. The van der Waals surface area contributed by atoms with Crippen LogP contribution >= 0.6 is 11.3 Å². The van der Waals surface area contributed by atoms with E-state index in [-0.39, 0.29) is 24.0 Å². The SMILES string of the molecule is Cc1nc(-n2nc(-c3cccs3)cc2NC(=O)Cn2cnc3ccccc32)[nH]c(=O)c1Cc1ccccc1. The maximum Gasteiger partial charge on any atom is 0.256 e. The quantitative estimate of drug-likeness (QED) is 0.320. The van der Waals surface area contributed by atoms with Crippen molar-refractivity contribution in [2.75, 3.05) is 5.32 Å². The van der Waals surface area contributed by atoms with Gasteiger partial charge in [-0.05, 0) is 36.1 Å². The standard InChI is InChI=1S/C28H23N7O2S/c1-18-20(14-19-8-3-2-4-9-19)27(37)32-28(30-18)35-25(15-22(33-35)24-12-7-13-38-24)31-26(36)16-34-17-29-21-10-5-6-11-23(21)34/h2-13,15,17H,14,16H2,1H3,(H,31,36)(H,30,32,37). The topological polar surface area (TPSA) is 110 Å². The number of H-pyrrole nitrogens is 1. The number of carbonyl (C=O) groups excluding carboxylic acids is 1. The Morgan fingerprint density at radius 2 is 1.87 bits per heavy atom. The van der Waals surface area contributed by atoms with E-state index < -0.39 is 0 Å². The summed E-state index contributed by atoms with van der Waals surface area (Å²) in [6.45, 7) is 1.88. The summed E-state index contributed by atoms with van der Waals surface area (Å²) < 4.78 is 3.26. The fourth-order valence-corrected chi connectivity index (χ4v) is 5.04. The van der Waals surface area contributed by atoms with E-state index in [1.807, 2.05) is 79.0 Å². The van der Waals surface area contributed by atoms with E-state index in [9.17, 15) is 9.59 Å². The summed E-state index contributed by atoms with van der Waals surface area (Å²) in [5.74, 6) is 0.378. The van der Waals surface area contributed by atoms with Gasteiger partial charge in [-0.1, -0.05) is 48.5 Å². The average Bonchev–Trinajstić information content (AvgIpc) is 3.67. The molecule has 10 heteroatoms. The summed E-state index contributed by atoms with van der Waals surface area (Å²) in [6, 6.07) is 23.1. The average molecular weight is 522 g/mol. The molecule has 4 heterocycles. The summed E-state index contributed by atoms with van der Waals surface area (Å²) in [5.41, 5.74) is 4.31. The van der Waals surface area contributed by atoms with Crippen molar-refractivity contribution in [1.29, 1.82) is 0 Å². The Balaban J connectivity index is 1.34. The fraction of sp³-hybridized carbons (Fsp3) is 0.107. The highest BCUT2D eigenvalue weighted by Gasteiger charge is 2.18. The number of rotatable bonds is 7. The molecule has 0 unspecified atom stereocenters. The van der Waals surface area contributed by atoms with Gasteiger partial charge >= 0.3 is 0 Å². The van der Waals surface area contributed by atoms with Gasteiger partial charge in [0.1, 0.15) is 18.1 Å². The maximum atomic E-state index is 13.1. The number of anilines is 1. The van der Waals surface area contributed by atoms with E-state index in [1.54, 1.807) is 17.0 Å². The molecule has 4 aromatic heterocycles. The van der Waals surface area contributed by atoms with Crippen molar-refractivity contribution in [2.24, 2.45) is 0 Å². The van der Waals surface area contributed by atoms with Gasteiger partial charge in [-0.25, -0.2) is 9.97 Å². The Bertz CT molecular complexity index is 1800. The van der Waals surface area contributed by atoms with Crippen LogP contribution in [0.5, 0.6) is 0 Å². The number of carbonyl (C=O) groups is 1. The Labute approximate surface area is 221 Å². The second-order valence-electron chi connectivity index (χ2n) is 8.83. The number of para-hydroxylation sites is 2. The van der Waals surface area contributed by atoms with Crippen LogP contribution in [0, 0.1) is 6.92 Å². The highest BCUT2D eigenvalue weighted by molar-refractivity contribution is 7.13. The molecule has 0 spiro atoms. The molecule has 0 saturated carbocycles. The third kappa shape index (κ3) is 4.64. The number of amides is 1. The van der Waals surface area contributed by atoms with Crippen molar-refractivity contribution in [3.63, 3.8) is 0 Å². The minimum atomic E-state index is -0.258. The van der Waals surface area contributed by atoms with Crippen LogP contribution in [-0.4, -0.2) is 35.2 Å². The van der Waals surface area contributed by atoms with Crippen LogP contribution in [0.4, 0.5) is 5.82 Å². The summed E-state index contributed by atoms with van der Waals surface area (Å²) in [6.07, 6.45) is 2.11. The molecule has 6 aromatic rings. The van der Waals surface area contributed by atoms with E-state index in [1.165, 1.54) is 16.0 Å². The van der Waals surface area contributed by atoms with Gasteiger partial charge in [0.25, 0.3) is 5.56 Å². The lowest BCUT2D eigenvalue weighted by atomic mass is 10.1. The first-order valence-electron chi connectivity index (χ1n) is 12.0. The molecule has 0 fully saturated rings. The molecule has 188 valence electrons. The number of aromatic amines is 1. The van der Waals surface area contributed by atoms with Gasteiger partial charge in [-0.3, -0.25) is 14.6 Å². The van der Waals surface area contributed by atoms with Gasteiger partial charge in [-0.2, -0.15) is 9.78 Å². The second-order valence-corrected chi connectivity index (χ2v) is 9.78. The lowest BCUT2D eigenvalue weighted by Gasteiger charge is -2.11. The molecule has 0 radical (unpaired) electrons. The summed E-state index contributed by atoms with van der Waals surface area (Å²) in [5, 5.41) is 9.58. The molecule has 38 heavy (non-hydrogen) atoms. The molecule has 0 aliphatic rings. The van der Waals surface area contributed by atoms with Crippen molar-refractivity contribution >= 4 is 34.1 Å². The van der Waals surface area contributed by atoms with Crippen LogP contribution in [0.1, 0.15) is 16.8 Å². The van der Waals surface area contributed by atoms with Crippen LogP contribution in [0.2, 0.25) is 0 Å². The zero-order chi connectivity index (χ0) is 26.1. The molecule has 0 aliphatic heterocycles. The third-order valence-electron chi connectivity index (χ3n) is 6.23. The number of hydrogen-bond acceptors (Lipinski definition) is 6. The smallest absolute Gasteiger partial charge is 0.256 e. The number of nitrogens with zero attached hydrogens (tertiary/aromatic N) is 5. The summed E-state index contributed by atoms with van der Waals surface area (Å²) >= 11 is 1.53. The largest absolute Gasteiger partial charge is 0.321 e. The van der Waals surface area contributed by atoms with Crippen molar-refractivity contribution in [2.45, 2.75) is 19.9 Å². The predicted molar refractivity (Wildman–Crippen MR) is 148 cm³/mol. The molecule has 1 amide bonds. The first kappa shape index (κ1) is 23.6. The van der Waals surface area contributed by atoms with Crippen LogP contribution in [-0.2, 0) is 17.8 Å².